The minimum Gasteiger partial charge on any atom is -0.480 e. The highest BCUT2D eigenvalue weighted by Crippen LogP contribution is 2.44. The number of rotatable bonds is 9. The van der Waals surface area contributed by atoms with Crippen molar-refractivity contribution in [3.8, 4) is 11.1 Å². The number of carbonyl (C=O) groups excluding carboxylic acids is 2. The second-order valence-electron chi connectivity index (χ2n) is 7.65. The molecule has 31 heavy (non-hydrogen) atoms. The van der Waals surface area contributed by atoms with Gasteiger partial charge in [0.15, 0.2) is 0 Å². The zero-order chi connectivity index (χ0) is 22.4. The number of fused-ring (bicyclic) bond motifs is 3. The van der Waals surface area contributed by atoms with Gasteiger partial charge >= 0.3 is 12.1 Å². The SMILES string of the molecule is CCC(NC(=O)C[C@@H](CC)NC(=O)OCC1c2ccccc2-c2ccccc21)C(=O)O. The summed E-state index contributed by atoms with van der Waals surface area (Å²) in [5, 5.41) is 14.3. The standard InChI is InChI=1S/C24H28N2O5/c1-3-15(13-22(27)26-21(4-2)23(28)29)25-24(30)31-14-20-18-11-7-5-9-16(18)17-10-6-8-12-19(17)20/h5-12,15,20-21H,3-4,13-14H2,1-2H3,(H,25,30)(H,26,27)(H,28,29)/t15-,21?/m1/s1. The average molecular weight is 424 g/mol. The maximum absolute atomic E-state index is 12.4. The first-order valence-electron chi connectivity index (χ1n) is 10.6. The summed E-state index contributed by atoms with van der Waals surface area (Å²) in [4.78, 5) is 35.6. The van der Waals surface area contributed by atoms with Gasteiger partial charge in [0.05, 0.1) is 0 Å². The van der Waals surface area contributed by atoms with E-state index in [4.69, 9.17) is 9.84 Å². The first-order valence-corrected chi connectivity index (χ1v) is 10.6. The number of hydrogen-bond acceptors (Lipinski definition) is 4. The van der Waals surface area contributed by atoms with E-state index in [0.717, 1.165) is 22.3 Å². The number of aliphatic carboxylic acids is 1. The number of amides is 2. The monoisotopic (exact) mass is 424 g/mol. The van der Waals surface area contributed by atoms with Crippen molar-refractivity contribution in [3.05, 3.63) is 59.7 Å². The van der Waals surface area contributed by atoms with E-state index in [9.17, 15) is 14.4 Å². The van der Waals surface area contributed by atoms with Gasteiger partial charge < -0.3 is 20.5 Å². The Morgan fingerprint density at radius 3 is 2.03 bits per heavy atom. The van der Waals surface area contributed by atoms with Crippen molar-refractivity contribution in [1.82, 2.24) is 10.6 Å². The van der Waals surface area contributed by atoms with Crippen molar-refractivity contribution in [3.63, 3.8) is 0 Å². The molecule has 0 bridgehead atoms. The van der Waals surface area contributed by atoms with Gasteiger partial charge in [-0.15, -0.1) is 0 Å². The number of benzene rings is 2. The van der Waals surface area contributed by atoms with Gasteiger partial charge in [0.1, 0.15) is 12.6 Å². The van der Waals surface area contributed by atoms with Crippen LogP contribution in [0.5, 0.6) is 0 Å². The van der Waals surface area contributed by atoms with Gasteiger partial charge in [0.25, 0.3) is 0 Å². The lowest BCUT2D eigenvalue weighted by molar-refractivity contribution is -0.142. The molecular formula is C24H28N2O5. The fourth-order valence-electron chi connectivity index (χ4n) is 3.92. The predicted molar refractivity (Wildman–Crippen MR) is 117 cm³/mol. The molecular weight excluding hydrogens is 396 g/mol. The van der Waals surface area contributed by atoms with Crippen LogP contribution in [0.15, 0.2) is 48.5 Å². The van der Waals surface area contributed by atoms with E-state index in [2.05, 4.69) is 22.8 Å². The van der Waals surface area contributed by atoms with Gasteiger partial charge in [-0.05, 0) is 35.1 Å². The van der Waals surface area contributed by atoms with E-state index in [1.165, 1.54) is 0 Å². The van der Waals surface area contributed by atoms with Crippen LogP contribution in [0, 0.1) is 0 Å². The molecule has 0 saturated carbocycles. The van der Waals surface area contributed by atoms with Crippen LogP contribution >= 0.6 is 0 Å². The summed E-state index contributed by atoms with van der Waals surface area (Å²) < 4.78 is 5.52. The van der Waals surface area contributed by atoms with Gasteiger partial charge in [-0.3, -0.25) is 4.79 Å². The molecule has 3 rings (SSSR count). The van der Waals surface area contributed by atoms with Crippen LogP contribution in [0.25, 0.3) is 11.1 Å². The quantitative estimate of drug-likeness (QED) is 0.570. The molecule has 0 spiro atoms. The minimum atomic E-state index is -1.08. The molecule has 0 aromatic heterocycles. The molecule has 164 valence electrons. The summed E-state index contributed by atoms with van der Waals surface area (Å²) in [6.45, 7) is 3.72. The number of carboxylic acids is 1. The third-order valence-corrected chi connectivity index (χ3v) is 5.63. The molecule has 3 N–H and O–H groups in total. The molecule has 2 aromatic carbocycles. The average Bonchev–Trinajstić information content (AvgIpc) is 3.09. The lowest BCUT2D eigenvalue weighted by atomic mass is 9.98. The molecule has 0 fully saturated rings. The first kappa shape index (κ1) is 22.3. The summed E-state index contributed by atoms with van der Waals surface area (Å²) in [6, 6.07) is 14.8. The van der Waals surface area contributed by atoms with Crippen molar-refractivity contribution in [2.24, 2.45) is 0 Å². The van der Waals surface area contributed by atoms with E-state index < -0.39 is 30.1 Å². The van der Waals surface area contributed by atoms with Gasteiger partial charge in [-0.1, -0.05) is 62.4 Å². The van der Waals surface area contributed by atoms with Crippen LogP contribution in [0.3, 0.4) is 0 Å². The van der Waals surface area contributed by atoms with Crippen LogP contribution in [-0.2, 0) is 14.3 Å². The van der Waals surface area contributed by atoms with Crippen molar-refractivity contribution in [2.45, 2.75) is 51.1 Å². The first-order chi connectivity index (χ1) is 14.9. The Bertz CT molecular complexity index is 913. The van der Waals surface area contributed by atoms with Crippen molar-refractivity contribution >= 4 is 18.0 Å². The zero-order valence-electron chi connectivity index (χ0n) is 17.8. The molecule has 2 atom stereocenters. The molecule has 7 heteroatoms. The number of carbonyl (C=O) groups is 3. The Balaban J connectivity index is 1.57. The Kier molecular flexibility index (Phi) is 7.28. The van der Waals surface area contributed by atoms with Crippen molar-refractivity contribution < 1.29 is 24.2 Å². The van der Waals surface area contributed by atoms with Crippen LogP contribution in [0.1, 0.15) is 50.2 Å². The molecule has 2 amide bonds. The highest BCUT2D eigenvalue weighted by atomic mass is 16.5. The normalized spacial score (nSPS) is 14.1. The number of nitrogens with one attached hydrogen (secondary N) is 2. The Morgan fingerprint density at radius 1 is 0.935 bits per heavy atom. The number of hydrogen-bond donors (Lipinski definition) is 3. The van der Waals surface area contributed by atoms with E-state index >= 15 is 0 Å². The van der Waals surface area contributed by atoms with Crippen molar-refractivity contribution in [2.75, 3.05) is 6.61 Å². The van der Waals surface area contributed by atoms with Crippen LogP contribution in [0.4, 0.5) is 4.79 Å². The van der Waals surface area contributed by atoms with Crippen LogP contribution in [0.2, 0.25) is 0 Å². The van der Waals surface area contributed by atoms with E-state index in [1.54, 1.807) is 6.92 Å². The van der Waals surface area contributed by atoms with Crippen LogP contribution in [-0.4, -0.2) is 41.8 Å². The minimum absolute atomic E-state index is 0.00945. The maximum atomic E-state index is 12.4. The third kappa shape index (κ3) is 5.23. The second kappa shape index (κ2) is 10.1. The lowest BCUT2D eigenvalue weighted by Crippen LogP contribution is -2.44. The summed E-state index contributed by atoms with van der Waals surface area (Å²) in [5.41, 5.74) is 4.56. The third-order valence-electron chi connectivity index (χ3n) is 5.63. The maximum Gasteiger partial charge on any atom is 0.407 e. The molecule has 0 heterocycles. The van der Waals surface area contributed by atoms with Gasteiger partial charge in [-0.2, -0.15) is 0 Å². The largest absolute Gasteiger partial charge is 0.480 e. The fourth-order valence-corrected chi connectivity index (χ4v) is 3.92. The number of ether oxygens (including phenoxy) is 1. The Hall–Kier alpha value is -3.35. The second-order valence-corrected chi connectivity index (χ2v) is 7.65. The summed E-state index contributed by atoms with van der Waals surface area (Å²) in [7, 11) is 0. The smallest absolute Gasteiger partial charge is 0.407 e. The fraction of sp³-hybridized carbons (Fsp3) is 0.375. The molecule has 1 aliphatic carbocycles. The van der Waals surface area contributed by atoms with E-state index in [1.807, 2.05) is 43.3 Å². The van der Waals surface area contributed by atoms with Gasteiger partial charge in [0.2, 0.25) is 5.91 Å². The zero-order valence-corrected chi connectivity index (χ0v) is 17.8. The Labute approximate surface area is 181 Å². The summed E-state index contributed by atoms with van der Waals surface area (Å²) in [6.07, 6.45) is 0.204. The molecule has 1 unspecified atom stereocenters. The summed E-state index contributed by atoms with van der Waals surface area (Å²) in [5.74, 6) is -1.53. The molecule has 0 aliphatic heterocycles. The Morgan fingerprint density at radius 2 is 1.52 bits per heavy atom. The predicted octanol–water partition coefficient (Wildman–Crippen LogP) is 3.67. The molecule has 0 saturated heterocycles. The van der Waals surface area contributed by atoms with E-state index in [-0.39, 0.29) is 25.4 Å². The lowest BCUT2D eigenvalue weighted by Gasteiger charge is -2.19. The molecule has 0 radical (unpaired) electrons. The molecule has 7 nitrogen and oxygen atoms in total. The van der Waals surface area contributed by atoms with Crippen molar-refractivity contribution in [1.29, 1.82) is 0 Å². The van der Waals surface area contributed by atoms with Crippen LogP contribution < -0.4 is 10.6 Å². The van der Waals surface area contributed by atoms with Gasteiger partial charge in [0, 0.05) is 18.4 Å². The highest BCUT2D eigenvalue weighted by molar-refractivity contribution is 5.84. The topological polar surface area (TPSA) is 105 Å². The number of carboxylic acid groups (broad SMARTS) is 1. The highest BCUT2D eigenvalue weighted by Gasteiger charge is 2.29. The molecule has 2 aromatic rings. The number of alkyl carbamates (subject to hydrolysis) is 1. The van der Waals surface area contributed by atoms with Gasteiger partial charge in [-0.25, -0.2) is 9.59 Å². The molecule has 1 aliphatic rings. The van der Waals surface area contributed by atoms with E-state index in [0.29, 0.717) is 6.42 Å². The summed E-state index contributed by atoms with van der Waals surface area (Å²) >= 11 is 0.